The maximum Gasteiger partial charge on any atom is 0.122 e. The summed E-state index contributed by atoms with van der Waals surface area (Å²) in [6.45, 7) is 11.9. The minimum Gasteiger partial charge on any atom is -0.507 e. The summed E-state index contributed by atoms with van der Waals surface area (Å²) in [6.07, 6.45) is 2.37. The summed E-state index contributed by atoms with van der Waals surface area (Å²) in [5.74, 6) is 0.437. The van der Waals surface area contributed by atoms with Gasteiger partial charge in [0.1, 0.15) is 5.75 Å². The van der Waals surface area contributed by atoms with Crippen LogP contribution in [-0.2, 0) is 6.54 Å². The smallest absolute Gasteiger partial charge is 0.122 e. The first-order chi connectivity index (χ1) is 9.38. The highest BCUT2D eigenvalue weighted by Gasteiger charge is 2.26. The molecule has 2 rings (SSSR count). The number of benzene rings is 1. The largest absolute Gasteiger partial charge is 0.507 e. The summed E-state index contributed by atoms with van der Waals surface area (Å²) in [6, 6.07) is 6.52. The maximum atomic E-state index is 10.0. The van der Waals surface area contributed by atoms with Gasteiger partial charge in [-0.05, 0) is 46.1 Å². The molecule has 0 radical (unpaired) electrons. The van der Waals surface area contributed by atoms with E-state index in [1.165, 1.54) is 12.8 Å². The van der Waals surface area contributed by atoms with E-state index in [0.29, 0.717) is 11.8 Å². The maximum absolute atomic E-state index is 10.0. The van der Waals surface area contributed by atoms with Gasteiger partial charge in [0.15, 0.2) is 0 Å². The fourth-order valence-electron chi connectivity index (χ4n) is 2.87. The van der Waals surface area contributed by atoms with E-state index in [-0.39, 0.29) is 5.54 Å². The lowest BCUT2D eigenvalue weighted by atomic mass is 9.98. The van der Waals surface area contributed by atoms with Crippen molar-refractivity contribution in [1.82, 2.24) is 10.2 Å². The zero-order chi connectivity index (χ0) is 14.8. The van der Waals surface area contributed by atoms with Crippen LogP contribution in [0.2, 0.25) is 0 Å². The lowest BCUT2D eigenvalue weighted by molar-refractivity contribution is 0.0960. The third-order valence-electron chi connectivity index (χ3n) is 4.35. The van der Waals surface area contributed by atoms with Crippen molar-refractivity contribution >= 4 is 0 Å². The molecular formula is C17H28N2O. The molecule has 3 nitrogen and oxygen atoms in total. The van der Waals surface area contributed by atoms with Gasteiger partial charge in [-0.1, -0.05) is 18.2 Å². The van der Waals surface area contributed by atoms with E-state index in [1.54, 1.807) is 0 Å². The molecule has 0 saturated carbocycles. The fourth-order valence-corrected chi connectivity index (χ4v) is 2.87. The third kappa shape index (κ3) is 3.74. The van der Waals surface area contributed by atoms with Gasteiger partial charge in [-0.15, -0.1) is 0 Å². The number of nitrogens with one attached hydrogen (secondary N) is 1. The van der Waals surface area contributed by atoms with Gasteiger partial charge >= 0.3 is 0 Å². The standard InChI is InChI=1S/C17H28N2O/c1-13-6-5-7-14(16(13)20)12-18-15-8-10-19(11-9-15)17(2,3)4/h5-7,15,18,20H,8-12H2,1-4H3. The number of piperidine rings is 1. The van der Waals surface area contributed by atoms with Gasteiger partial charge in [-0.2, -0.15) is 0 Å². The molecule has 1 aromatic rings. The highest BCUT2D eigenvalue weighted by atomic mass is 16.3. The van der Waals surface area contributed by atoms with Crippen molar-refractivity contribution in [2.75, 3.05) is 13.1 Å². The van der Waals surface area contributed by atoms with Gasteiger partial charge in [0, 0.05) is 36.8 Å². The van der Waals surface area contributed by atoms with Crippen LogP contribution in [0.1, 0.15) is 44.7 Å². The Morgan fingerprint density at radius 1 is 1.25 bits per heavy atom. The molecule has 0 spiro atoms. The Labute approximate surface area is 123 Å². The molecule has 0 atom stereocenters. The van der Waals surface area contributed by atoms with E-state index in [1.807, 2.05) is 25.1 Å². The normalized spacial score (nSPS) is 18.4. The molecule has 1 aromatic carbocycles. The summed E-state index contributed by atoms with van der Waals surface area (Å²) in [7, 11) is 0. The number of aryl methyl sites for hydroxylation is 1. The Balaban J connectivity index is 1.83. The second kappa shape index (κ2) is 6.15. The second-order valence-corrected chi connectivity index (χ2v) is 6.90. The molecule has 112 valence electrons. The molecular weight excluding hydrogens is 248 g/mol. The van der Waals surface area contributed by atoms with E-state index in [4.69, 9.17) is 0 Å². The highest BCUT2D eigenvalue weighted by Crippen LogP contribution is 2.23. The molecule has 0 aromatic heterocycles. The van der Waals surface area contributed by atoms with Gasteiger partial charge in [0.25, 0.3) is 0 Å². The second-order valence-electron chi connectivity index (χ2n) is 6.90. The molecule has 2 N–H and O–H groups in total. The van der Waals surface area contributed by atoms with Crippen molar-refractivity contribution in [3.63, 3.8) is 0 Å². The molecule has 20 heavy (non-hydrogen) atoms. The molecule has 1 aliphatic heterocycles. The number of aromatic hydroxyl groups is 1. The Bertz CT molecular complexity index is 443. The van der Waals surface area contributed by atoms with Crippen LogP contribution in [0.25, 0.3) is 0 Å². The molecule has 3 heteroatoms. The molecule has 1 fully saturated rings. The lowest BCUT2D eigenvalue weighted by Crippen LogP contribution is -2.49. The SMILES string of the molecule is Cc1cccc(CNC2CCN(C(C)(C)C)CC2)c1O. The van der Waals surface area contributed by atoms with Crippen LogP contribution >= 0.6 is 0 Å². The highest BCUT2D eigenvalue weighted by molar-refractivity contribution is 5.39. The number of hydrogen-bond donors (Lipinski definition) is 2. The van der Waals surface area contributed by atoms with Gasteiger partial charge in [0.05, 0.1) is 0 Å². The van der Waals surface area contributed by atoms with Crippen molar-refractivity contribution < 1.29 is 5.11 Å². The van der Waals surface area contributed by atoms with Gasteiger partial charge < -0.3 is 10.4 Å². The molecule has 1 aliphatic rings. The van der Waals surface area contributed by atoms with Crippen molar-refractivity contribution in [2.24, 2.45) is 0 Å². The van der Waals surface area contributed by atoms with Gasteiger partial charge in [-0.3, -0.25) is 4.90 Å². The Morgan fingerprint density at radius 2 is 1.90 bits per heavy atom. The fraction of sp³-hybridized carbons (Fsp3) is 0.647. The summed E-state index contributed by atoms with van der Waals surface area (Å²) in [5.41, 5.74) is 2.23. The van der Waals surface area contributed by atoms with Crippen molar-refractivity contribution in [3.8, 4) is 5.75 Å². The zero-order valence-corrected chi connectivity index (χ0v) is 13.2. The number of rotatable bonds is 3. The van der Waals surface area contributed by atoms with Crippen molar-refractivity contribution in [3.05, 3.63) is 29.3 Å². The molecule has 0 aliphatic carbocycles. The number of nitrogens with zero attached hydrogens (tertiary/aromatic N) is 1. The quantitative estimate of drug-likeness (QED) is 0.890. The van der Waals surface area contributed by atoms with E-state index in [2.05, 4.69) is 31.0 Å². The molecule has 1 heterocycles. The van der Waals surface area contributed by atoms with Crippen LogP contribution in [-0.4, -0.2) is 34.7 Å². The van der Waals surface area contributed by atoms with E-state index >= 15 is 0 Å². The monoisotopic (exact) mass is 276 g/mol. The van der Waals surface area contributed by atoms with Crippen LogP contribution in [0.15, 0.2) is 18.2 Å². The van der Waals surface area contributed by atoms with Crippen LogP contribution in [0.3, 0.4) is 0 Å². The Morgan fingerprint density at radius 3 is 2.50 bits per heavy atom. The number of phenols is 1. The lowest BCUT2D eigenvalue weighted by Gasteiger charge is -2.41. The van der Waals surface area contributed by atoms with Gasteiger partial charge in [-0.25, -0.2) is 0 Å². The molecule has 1 saturated heterocycles. The van der Waals surface area contributed by atoms with Crippen LogP contribution in [0, 0.1) is 6.92 Å². The van der Waals surface area contributed by atoms with Crippen molar-refractivity contribution in [2.45, 2.75) is 58.7 Å². The minimum atomic E-state index is 0.278. The molecule has 0 unspecified atom stereocenters. The first-order valence-electron chi connectivity index (χ1n) is 7.64. The Kier molecular flexibility index (Phi) is 4.71. The zero-order valence-electron chi connectivity index (χ0n) is 13.2. The number of hydrogen-bond acceptors (Lipinski definition) is 3. The number of para-hydroxylation sites is 1. The first-order valence-corrected chi connectivity index (χ1v) is 7.64. The predicted octanol–water partition coefficient (Wildman–Crippen LogP) is 3.05. The summed E-state index contributed by atoms with van der Waals surface area (Å²) < 4.78 is 0. The van der Waals surface area contributed by atoms with Crippen LogP contribution in [0.5, 0.6) is 5.75 Å². The van der Waals surface area contributed by atoms with Crippen molar-refractivity contribution in [1.29, 1.82) is 0 Å². The molecule has 0 amide bonds. The summed E-state index contributed by atoms with van der Waals surface area (Å²) in [5, 5.41) is 13.6. The van der Waals surface area contributed by atoms with Crippen LogP contribution in [0.4, 0.5) is 0 Å². The van der Waals surface area contributed by atoms with E-state index < -0.39 is 0 Å². The summed E-state index contributed by atoms with van der Waals surface area (Å²) >= 11 is 0. The molecule has 0 bridgehead atoms. The minimum absolute atomic E-state index is 0.278. The van der Waals surface area contributed by atoms with E-state index in [0.717, 1.165) is 30.8 Å². The average molecular weight is 276 g/mol. The Hall–Kier alpha value is -1.06. The predicted molar refractivity (Wildman–Crippen MR) is 84.0 cm³/mol. The number of phenolic OH excluding ortho intramolecular Hbond substituents is 1. The van der Waals surface area contributed by atoms with Gasteiger partial charge in [0.2, 0.25) is 0 Å². The third-order valence-corrected chi connectivity index (χ3v) is 4.35. The summed E-state index contributed by atoms with van der Waals surface area (Å²) in [4.78, 5) is 2.55. The first kappa shape index (κ1) is 15.3. The average Bonchev–Trinajstić information content (AvgIpc) is 2.40. The number of likely N-dealkylation sites (tertiary alicyclic amines) is 1. The van der Waals surface area contributed by atoms with Crippen LogP contribution < -0.4 is 5.32 Å². The van der Waals surface area contributed by atoms with E-state index in [9.17, 15) is 5.11 Å². The topological polar surface area (TPSA) is 35.5 Å².